The van der Waals surface area contributed by atoms with Crippen molar-refractivity contribution >= 4 is 21.8 Å². The van der Waals surface area contributed by atoms with Crippen LogP contribution in [0.3, 0.4) is 0 Å². The summed E-state index contributed by atoms with van der Waals surface area (Å²) in [5.74, 6) is 0.243. The van der Waals surface area contributed by atoms with Gasteiger partial charge in [-0.2, -0.15) is 11.8 Å². The lowest BCUT2D eigenvalue weighted by molar-refractivity contribution is 0.539. The third-order valence-electron chi connectivity index (χ3n) is 3.65. The standard InChI is InChI=1S/C11H22N2O2S2/c1-16-11-5-4-9(7-11)13-17(14,15)8-10-3-2-6-12-10/h9-13H,2-8H2,1H3. The van der Waals surface area contributed by atoms with Gasteiger partial charge in [-0.15, -0.1) is 0 Å². The summed E-state index contributed by atoms with van der Waals surface area (Å²) >= 11 is 1.85. The second kappa shape index (κ2) is 5.91. The molecule has 6 heteroatoms. The molecule has 1 aliphatic heterocycles. The highest BCUT2D eigenvalue weighted by atomic mass is 32.2. The Bertz CT molecular complexity index is 339. The minimum Gasteiger partial charge on any atom is -0.313 e. The van der Waals surface area contributed by atoms with E-state index >= 15 is 0 Å². The van der Waals surface area contributed by atoms with Crippen LogP contribution >= 0.6 is 11.8 Å². The molecule has 1 aliphatic carbocycles. The molecule has 3 unspecified atom stereocenters. The van der Waals surface area contributed by atoms with Gasteiger partial charge in [0.25, 0.3) is 0 Å². The first kappa shape index (κ1) is 13.6. The van der Waals surface area contributed by atoms with Crippen LogP contribution in [0.15, 0.2) is 0 Å². The van der Waals surface area contributed by atoms with Crippen molar-refractivity contribution in [2.24, 2.45) is 0 Å². The third-order valence-corrected chi connectivity index (χ3v) is 6.28. The Kier molecular flexibility index (Phi) is 4.74. The maximum absolute atomic E-state index is 12.0. The van der Waals surface area contributed by atoms with Crippen LogP contribution in [0.1, 0.15) is 32.1 Å². The van der Waals surface area contributed by atoms with Crippen molar-refractivity contribution in [3.63, 3.8) is 0 Å². The first-order valence-electron chi connectivity index (χ1n) is 6.35. The average molecular weight is 278 g/mol. The van der Waals surface area contributed by atoms with Gasteiger partial charge in [-0.25, -0.2) is 13.1 Å². The molecule has 1 heterocycles. The van der Waals surface area contributed by atoms with Gasteiger partial charge in [0.2, 0.25) is 10.0 Å². The maximum Gasteiger partial charge on any atom is 0.213 e. The second-order valence-electron chi connectivity index (χ2n) is 5.06. The van der Waals surface area contributed by atoms with E-state index < -0.39 is 10.0 Å². The third kappa shape index (κ3) is 4.12. The summed E-state index contributed by atoms with van der Waals surface area (Å²) in [6, 6.07) is 0.323. The molecule has 4 nitrogen and oxygen atoms in total. The Hall–Kier alpha value is 0.220. The highest BCUT2D eigenvalue weighted by Crippen LogP contribution is 2.28. The fourth-order valence-corrected chi connectivity index (χ4v) is 5.16. The van der Waals surface area contributed by atoms with Crippen molar-refractivity contribution in [3.8, 4) is 0 Å². The molecule has 0 aromatic heterocycles. The molecule has 0 amide bonds. The van der Waals surface area contributed by atoms with Crippen LogP contribution < -0.4 is 10.0 Å². The second-order valence-corrected chi connectivity index (χ2v) is 8.00. The molecule has 0 aromatic carbocycles. The van der Waals surface area contributed by atoms with Crippen molar-refractivity contribution < 1.29 is 8.42 Å². The minimum atomic E-state index is -3.10. The van der Waals surface area contributed by atoms with Gasteiger partial charge in [0.05, 0.1) is 5.75 Å². The van der Waals surface area contributed by atoms with Crippen molar-refractivity contribution in [1.82, 2.24) is 10.0 Å². The lowest BCUT2D eigenvalue weighted by atomic mass is 10.3. The van der Waals surface area contributed by atoms with E-state index in [1.54, 1.807) is 0 Å². The Morgan fingerprint density at radius 1 is 1.35 bits per heavy atom. The number of hydrogen-bond donors (Lipinski definition) is 2. The van der Waals surface area contributed by atoms with E-state index in [-0.39, 0.29) is 17.8 Å². The molecule has 2 N–H and O–H groups in total. The minimum absolute atomic E-state index is 0.158. The van der Waals surface area contributed by atoms with Crippen molar-refractivity contribution in [2.45, 2.75) is 49.4 Å². The van der Waals surface area contributed by atoms with Crippen LogP contribution in [0.2, 0.25) is 0 Å². The summed E-state index contributed by atoms with van der Waals surface area (Å²) in [6.45, 7) is 0.957. The number of hydrogen-bond acceptors (Lipinski definition) is 4. The highest BCUT2D eigenvalue weighted by Gasteiger charge is 2.29. The lowest BCUT2D eigenvalue weighted by Gasteiger charge is -2.16. The van der Waals surface area contributed by atoms with E-state index in [4.69, 9.17) is 0 Å². The number of thioether (sulfide) groups is 1. The molecular weight excluding hydrogens is 256 g/mol. The summed E-state index contributed by atoms with van der Waals surface area (Å²) < 4.78 is 26.8. The van der Waals surface area contributed by atoms with Crippen LogP contribution in [-0.4, -0.2) is 44.3 Å². The summed E-state index contributed by atoms with van der Waals surface area (Å²) in [5.41, 5.74) is 0. The molecule has 0 spiro atoms. The highest BCUT2D eigenvalue weighted by molar-refractivity contribution is 7.99. The molecule has 2 rings (SSSR count). The molecule has 1 saturated carbocycles. The van der Waals surface area contributed by atoms with E-state index in [9.17, 15) is 8.42 Å². The monoisotopic (exact) mass is 278 g/mol. The van der Waals surface area contributed by atoms with E-state index in [0.29, 0.717) is 5.25 Å². The molecular formula is C11H22N2O2S2. The van der Waals surface area contributed by atoms with Crippen molar-refractivity contribution in [3.05, 3.63) is 0 Å². The molecule has 0 radical (unpaired) electrons. The zero-order valence-electron chi connectivity index (χ0n) is 10.3. The smallest absolute Gasteiger partial charge is 0.213 e. The average Bonchev–Trinajstić information content (AvgIpc) is 2.88. The molecule has 17 heavy (non-hydrogen) atoms. The van der Waals surface area contributed by atoms with Gasteiger partial charge >= 0.3 is 0 Å². The van der Waals surface area contributed by atoms with Gasteiger partial charge < -0.3 is 5.32 Å². The van der Waals surface area contributed by atoms with Crippen LogP contribution in [0.5, 0.6) is 0 Å². The van der Waals surface area contributed by atoms with Gasteiger partial charge in [0.1, 0.15) is 0 Å². The first-order valence-corrected chi connectivity index (χ1v) is 9.29. The fraction of sp³-hybridized carbons (Fsp3) is 1.00. The molecule has 2 aliphatic rings. The van der Waals surface area contributed by atoms with Crippen LogP contribution in [0.4, 0.5) is 0 Å². The van der Waals surface area contributed by atoms with Crippen LogP contribution in [-0.2, 0) is 10.0 Å². The van der Waals surface area contributed by atoms with E-state index in [0.717, 1.165) is 38.6 Å². The normalized spacial score (nSPS) is 34.3. The molecule has 100 valence electrons. The molecule has 2 fully saturated rings. The van der Waals surface area contributed by atoms with Gasteiger partial charge in [-0.1, -0.05) is 0 Å². The van der Waals surface area contributed by atoms with Crippen LogP contribution in [0, 0.1) is 0 Å². The largest absolute Gasteiger partial charge is 0.313 e. The molecule has 0 aromatic rings. The summed E-state index contributed by atoms with van der Waals surface area (Å²) in [4.78, 5) is 0. The van der Waals surface area contributed by atoms with Crippen molar-refractivity contribution in [2.75, 3.05) is 18.6 Å². The number of rotatable bonds is 5. The summed E-state index contributed by atoms with van der Waals surface area (Å²) in [5, 5.41) is 3.87. The summed E-state index contributed by atoms with van der Waals surface area (Å²) in [6.07, 6.45) is 7.29. The van der Waals surface area contributed by atoms with Crippen LogP contribution in [0.25, 0.3) is 0 Å². The van der Waals surface area contributed by atoms with Gasteiger partial charge in [0.15, 0.2) is 0 Å². The van der Waals surface area contributed by atoms with E-state index in [1.807, 2.05) is 11.8 Å². The van der Waals surface area contributed by atoms with Crippen molar-refractivity contribution in [1.29, 1.82) is 0 Å². The number of sulfonamides is 1. The van der Waals surface area contributed by atoms with Gasteiger partial charge in [-0.05, 0) is 44.9 Å². The summed E-state index contributed by atoms with van der Waals surface area (Å²) in [7, 11) is -3.10. The number of nitrogens with one attached hydrogen (secondary N) is 2. The van der Waals surface area contributed by atoms with E-state index in [1.165, 1.54) is 0 Å². The maximum atomic E-state index is 12.0. The molecule has 1 saturated heterocycles. The zero-order valence-corrected chi connectivity index (χ0v) is 11.9. The van der Waals surface area contributed by atoms with Gasteiger partial charge in [-0.3, -0.25) is 0 Å². The topological polar surface area (TPSA) is 58.2 Å². The zero-order chi connectivity index (χ0) is 12.3. The lowest BCUT2D eigenvalue weighted by Crippen LogP contribution is -2.40. The first-order chi connectivity index (χ1) is 8.09. The predicted octanol–water partition coefficient (Wildman–Crippen LogP) is 0.942. The Morgan fingerprint density at radius 3 is 2.76 bits per heavy atom. The Balaban J connectivity index is 1.80. The molecule has 3 atom stereocenters. The molecule has 0 bridgehead atoms. The Labute approximate surface area is 108 Å². The van der Waals surface area contributed by atoms with Gasteiger partial charge in [0, 0.05) is 17.3 Å². The quantitative estimate of drug-likeness (QED) is 0.786. The predicted molar refractivity (Wildman–Crippen MR) is 72.9 cm³/mol. The SMILES string of the molecule is CSC1CCC(NS(=O)(=O)CC2CCCN2)C1. The fourth-order valence-electron chi connectivity index (χ4n) is 2.73. The van der Waals surface area contributed by atoms with E-state index in [2.05, 4.69) is 16.3 Å². The Morgan fingerprint density at radius 2 is 2.18 bits per heavy atom.